The van der Waals surface area contributed by atoms with E-state index in [4.69, 9.17) is 0 Å². The van der Waals surface area contributed by atoms with E-state index in [1.165, 1.54) is 20.9 Å². The van der Waals surface area contributed by atoms with Gasteiger partial charge in [-0.1, -0.05) is 32.0 Å². The number of hydrogen-bond acceptors (Lipinski definition) is 2. The molecule has 1 aromatic carbocycles. The molecule has 1 aromatic heterocycles. The van der Waals surface area contributed by atoms with E-state index in [1.54, 1.807) is 0 Å². The lowest BCUT2D eigenvalue weighted by Crippen LogP contribution is -2.19. The highest BCUT2D eigenvalue weighted by Crippen LogP contribution is 2.29. The summed E-state index contributed by atoms with van der Waals surface area (Å²) in [7, 11) is 0. The zero-order chi connectivity index (χ0) is 13.0. The first kappa shape index (κ1) is 13.3. The third kappa shape index (κ3) is 3.01. The van der Waals surface area contributed by atoms with Crippen LogP contribution in [0.15, 0.2) is 36.4 Å². The Morgan fingerprint density at radius 2 is 2.00 bits per heavy atom. The zero-order valence-corrected chi connectivity index (χ0v) is 12.2. The van der Waals surface area contributed by atoms with Gasteiger partial charge in [0.05, 0.1) is 0 Å². The summed E-state index contributed by atoms with van der Waals surface area (Å²) in [6.45, 7) is 7.57. The van der Waals surface area contributed by atoms with Crippen LogP contribution in [0.3, 0.4) is 0 Å². The molecule has 0 radical (unpaired) electrons. The van der Waals surface area contributed by atoms with Gasteiger partial charge in [-0.05, 0) is 49.2 Å². The number of rotatable bonds is 5. The SMILES string of the molecule is CCNC(CC)c1cccc(-c2ccc(C)s2)c1. The van der Waals surface area contributed by atoms with Gasteiger partial charge in [-0.25, -0.2) is 0 Å². The Hall–Kier alpha value is -1.12. The van der Waals surface area contributed by atoms with Gasteiger partial charge in [0, 0.05) is 15.8 Å². The van der Waals surface area contributed by atoms with Crippen molar-refractivity contribution in [2.45, 2.75) is 33.2 Å². The summed E-state index contributed by atoms with van der Waals surface area (Å²) in [5.41, 5.74) is 2.73. The molecule has 2 rings (SSSR count). The molecule has 0 spiro atoms. The van der Waals surface area contributed by atoms with E-state index in [2.05, 4.69) is 62.5 Å². The summed E-state index contributed by atoms with van der Waals surface area (Å²) in [5.74, 6) is 0. The fourth-order valence-corrected chi connectivity index (χ4v) is 3.11. The fourth-order valence-electron chi connectivity index (χ4n) is 2.24. The Morgan fingerprint density at radius 3 is 2.61 bits per heavy atom. The fraction of sp³-hybridized carbons (Fsp3) is 0.375. The molecule has 1 nitrogen and oxygen atoms in total. The Balaban J connectivity index is 2.29. The molecule has 0 aliphatic heterocycles. The lowest BCUT2D eigenvalue weighted by Gasteiger charge is -2.16. The minimum Gasteiger partial charge on any atom is -0.310 e. The predicted octanol–water partition coefficient (Wildman–Crippen LogP) is 4.78. The quantitative estimate of drug-likeness (QED) is 0.814. The number of nitrogens with one attached hydrogen (secondary N) is 1. The average Bonchev–Trinajstić information content (AvgIpc) is 2.83. The number of benzene rings is 1. The number of aryl methyl sites for hydroxylation is 1. The highest BCUT2D eigenvalue weighted by atomic mass is 32.1. The summed E-state index contributed by atoms with van der Waals surface area (Å²) in [6.07, 6.45) is 1.13. The van der Waals surface area contributed by atoms with Gasteiger partial charge in [-0.3, -0.25) is 0 Å². The predicted molar refractivity (Wildman–Crippen MR) is 81.2 cm³/mol. The molecule has 1 N–H and O–H groups in total. The van der Waals surface area contributed by atoms with Crippen molar-refractivity contribution in [3.8, 4) is 10.4 Å². The van der Waals surface area contributed by atoms with Crippen LogP contribution in [0.4, 0.5) is 0 Å². The third-order valence-corrected chi connectivity index (χ3v) is 4.22. The van der Waals surface area contributed by atoms with Gasteiger partial charge >= 0.3 is 0 Å². The minimum atomic E-state index is 0.469. The molecule has 0 fully saturated rings. The number of hydrogen-bond donors (Lipinski definition) is 1. The van der Waals surface area contributed by atoms with Crippen LogP contribution in [0.2, 0.25) is 0 Å². The maximum atomic E-state index is 3.54. The second-order valence-electron chi connectivity index (χ2n) is 4.55. The molecule has 96 valence electrons. The molecule has 0 amide bonds. The van der Waals surface area contributed by atoms with Crippen molar-refractivity contribution in [2.24, 2.45) is 0 Å². The molecule has 2 aromatic rings. The average molecular weight is 259 g/mol. The molecule has 0 bridgehead atoms. The summed E-state index contributed by atoms with van der Waals surface area (Å²) in [4.78, 5) is 2.73. The van der Waals surface area contributed by atoms with E-state index < -0.39 is 0 Å². The molecule has 0 saturated heterocycles. The summed E-state index contributed by atoms with van der Waals surface area (Å²) in [6, 6.07) is 13.8. The van der Waals surface area contributed by atoms with Crippen LogP contribution in [0.5, 0.6) is 0 Å². The summed E-state index contributed by atoms with van der Waals surface area (Å²) in [5, 5.41) is 3.54. The molecule has 18 heavy (non-hydrogen) atoms. The monoisotopic (exact) mass is 259 g/mol. The van der Waals surface area contributed by atoms with Gasteiger partial charge in [0.25, 0.3) is 0 Å². The normalized spacial score (nSPS) is 12.6. The van der Waals surface area contributed by atoms with Crippen LogP contribution in [0.1, 0.15) is 36.8 Å². The molecule has 1 unspecified atom stereocenters. The maximum absolute atomic E-state index is 3.54. The van der Waals surface area contributed by atoms with E-state index in [-0.39, 0.29) is 0 Å². The Bertz CT molecular complexity index is 501. The smallest absolute Gasteiger partial charge is 0.0345 e. The van der Waals surface area contributed by atoms with E-state index in [1.807, 2.05) is 11.3 Å². The van der Waals surface area contributed by atoms with Crippen LogP contribution >= 0.6 is 11.3 Å². The molecule has 1 heterocycles. The van der Waals surface area contributed by atoms with Crippen molar-refractivity contribution in [3.63, 3.8) is 0 Å². The first-order valence-corrected chi connectivity index (χ1v) is 7.46. The minimum absolute atomic E-state index is 0.469. The van der Waals surface area contributed by atoms with Crippen molar-refractivity contribution in [1.82, 2.24) is 5.32 Å². The van der Waals surface area contributed by atoms with E-state index in [9.17, 15) is 0 Å². The highest BCUT2D eigenvalue weighted by molar-refractivity contribution is 7.15. The second-order valence-corrected chi connectivity index (χ2v) is 5.84. The lowest BCUT2D eigenvalue weighted by atomic mass is 10.0. The van der Waals surface area contributed by atoms with Crippen LogP contribution < -0.4 is 5.32 Å². The van der Waals surface area contributed by atoms with Crippen molar-refractivity contribution in [3.05, 3.63) is 46.8 Å². The Labute approximate surface area is 114 Å². The van der Waals surface area contributed by atoms with Crippen LogP contribution in [-0.4, -0.2) is 6.54 Å². The van der Waals surface area contributed by atoms with Crippen LogP contribution in [0, 0.1) is 6.92 Å². The Morgan fingerprint density at radius 1 is 1.17 bits per heavy atom. The van der Waals surface area contributed by atoms with E-state index >= 15 is 0 Å². The largest absolute Gasteiger partial charge is 0.310 e. The molecule has 0 aliphatic rings. The second kappa shape index (κ2) is 6.17. The molecule has 0 saturated carbocycles. The zero-order valence-electron chi connectivity index (χ0n) is 11.4. The first-order valence-electron chi connectivity index (χ1n) is 6.64. The van der Waals surface area contributed by atoms with Crippen molar-refractivity contribution >= 4 is 11.3 Å². The summed E-state index contributed by atoms with van der Waals surface area (Å²) >= 11 is 1.86. The first-order chi connectivity index (χ1) is 8.74. The van der Waals surface area contributed by atoms with Gasteiger partial charge in [0.15, 0.2) is 0 Å². The molecular weight excluding hydrogens is 238 g/mol. The topological polar surface area (TPSA) is 12.0 Å². The van der Waals surface area contributed by atoms with Crippen LogP contribution in [0.25, 0.3) is 10.4 Å². The molecule has 1 atom stereocenters. The van der Waals surface area contributed by atoms with E-state index in [0.717, 1.165) is 13.0 Å². The van der Waals surface area contributed by atoms with Gasteiger partial charge in [-0.2, -0.15) is 0 Å². The Kier molecular flexibility index (Phi) is 4.56. The van der Waals surface area contributed by atoms with Gasteiger partial charge in [0.1, 0.15) is 0 Å². The molecule has 2 heteroatoms. The highest BCUT2D eigenvalue weighted by Gasteiger charge is 2.09. The standard InChI is InChI=1S/C16H21NS/c1-4-15(17-5-2)13-7-6-8-14(11-13)16-10-9-12(3)18-16/h6-11,15,17H,4-5H2,1-3H3. The maximum Gasteiger partial charge on any atom is 0.0345 e. The number of thiophene rings is 1. The van der Waals surface area contributed by atoms with Crippen molar-refractivity contribution in [1.29, 1.82) is 0 Å². The van der Waals surface area contributed by atoms with Crippen LogP contribution in [-0.2, 0) is 0 Å². The van der Waals surface area contributed by atoms with Crippen molar-refractivity contribution < 1.29 is 0 Å². The molecule has 0 aliphatic carbocycles. The summed E-state index contributed by atoms with van der Waals surface area (Å²) < 4.78 is 0. The third-order valence-electron chi connectivity index (χ3n) is 3.17. The molecular formula is C16H21NS. The lowest BCUT2D eigenvalue weighted by molar-refractivity contribution is 0.537. The van der Waals surface area contributed by atoms with Gasteiger partial charge < -0.3 is 5.32 Å². The van der Waals surface area contributed by atoms with Crippen molar-refractivity contribution in [2.75, 3.05) is 6.54 Å². The van der Waals surface area contributed by atoms with E-state index in [0.29, 0.717) is 6.04 Å². The van der Waals surface area contributed by atoms with Gasteiger partial charge in [0.2, 0.25) is 0 Å². The van der Waals surface area contributed by atoms with Gasteiger partial charge in [-0.15, -0.1) is 11.3 Å².